The molecule has 190 valence electrons. The van der Waals surface area contributed by atoms with Gasteiger partial charge in [-0.3, -0.25) is 9.59 Å². The van der Waals surface area contributed by atoms with Crippen molar-refractivity contribution >= 4 is 23.4 Å². The minimum Gasteiger partial charge on any atom is -0.368 e. The van der Waals surface area contributed by atoms with Crippen LogP contribution in [0.5, 0.6) is 0 Å². The van der Waals surface area contributed by atoms with Crippen LogP contribution in [0.25, 0.3) is 0 Å². The van der Waals surface area contributed by atoms with E-state index in [2.05, 4.69) is 9.97 Å². The third kappa shape index (κ3) is 6.10. The van der Waals surface area contributed by atoms with E-state index in [1.165, 1.54) is 17.8 Å². The summed E-state index contributed by atoms with van der Waals surface area (Å²) in [5.41, 5.74) is 1.41. The van der Waals surface area contributed by atoms with Gasteiger partial charge in [0.2, 0.25) is 5.91 Å². The molecule has 1 N–H and O–H groups in total. The van der Waals surface area contributed by atoms with Gasteiger partial charge in [0.25, 0.3) is 5.56 Å². The van der Waals surface area contributed by atoms with E-state index in [1.54, 1.807) is 17.9 Å². The van der Waals surface area contributed by atoms with Crippen molar-refractivity contribution in [1.82, 2.24) is 14.9 Å². The van der Waals surface area contributed by atoms with Crippen LogP contribution in [0.3, 0.4) is 0 Å². The van der Waals surface area contributed by atoms with Crippen LogP contribution in [0.2, 0.25) is 0 Å². The van der Waals surface area contributed by atoms with E-state index in [0.29, 0.717) is 48.3 Å². The Bertz CT molecular complexity index is 1270. The Balaban J connectivity index is 1.37. The number of anilines is 1. The molecule has 1 fully saturated rings. The number of carbonyl (C=O) groups is 1. The summed E-state index contributed by atoms with van der Waals surface area (Å²) in [4.78, 5) is 36.5. The average molecular weight is 517 g/mol. The summed E-state index contributed by atoms with van der Waals surface area (Å²) in [5, 5.41) is 0.592. The molecule has 0 aliphatic carbocycles. The summed E-state index contributed by atoms with van der Waals surface area (Å²) in [6.45, 7) is 5.30. The van der Waals surface area contributed by atoms with Crippen LogP contribution in [0, 0.1) is 6.92 Å². The molecule has 0 bridgehead atoms. The topological polar surface area (TPSA) is 69.3 Å². The van der Waals surface area contributed by atoms with Gasteiger partial charge in [0, 0.05) is 48.4 Å². The van der Waals surface area contributed by atoms with Gasteiger partial charge in [-0.1, -0.05) is 48.2 Å². The van der Waals surface area contributed by atoms with Crippen LogP contribution in [-0.2, 0) is 17.4 Å². The lowest BCUT2D eigenvalue weighted by Crippen LogP contribution is -2.49. The fourth-order valence-corrected chi connectivity index (χ4v) is 5.13. The number of benzene rings is 2. The summed E-state index contributed by atoms with van der Waals surface area (Å²) in [5.74, 6) is -0.202. The molecule has 1 aliphatic rings. The van der Waals surface area contributed by atoms with Crippen molar-refractivity contribution in [3.05, 3.63) is 87.3 Å². The van der Waals surface area contributed by atoms with Crippen LogP contribution in [0.15, 0.2) is 64.5 Å². The number of amides is 1. The number of carbonyl (C=O) groups excluding carboxylic acids is 1. The number of thioether (sulfide) groups is 1. The largest absolute Gasteiger partial charge is 0.416 e. The summed E-state index contributed by atoms with van der Waals surface area (Å²) >= 11 is 1.44. The summed E-state index contributed by atoms with van der Waals surface area (Å²) in [6.07, 6.45) is -4.47. The van der Waals surface area contributed by atoms with E-state index >= 15 is 0 Å². The number of piperazine rings is 1. The highest BCUT2D eigenvalue weighted by atomic mass is 32.2. The number of halogens is 3. The minimum absolute atomic E-state index is 0.0725. The van der Waals surface area contributed by atoms with Crippen LogP contribution < -0.4 is 10.5 Å². The second kappa shape index (κ2) is 10.8. The molecule has 0 saturated carbocycles. The molecule has 2 aromatic carbocycles. The van der Waals surface area contributed by atoms with Gasteiger partial charge in [-0.25, -0.2) is 4.98 Å². The molecule has 1 atom stereocenters. The number of nitrogens with one attached hydrogen (secondary N) is 1. The third-order valence-electron chi connectivity index (χ3n) is 6.26. The second-order valence-electron chi connectivity index (χ2n) is 8.70. The van der Waals surface area contributed by atoms with Crippen LogP contribution >= 0.6 is 11.8 Å². The number of alkyl halides is 3. The van der Waals surface area contributed by atoms with E-state index in [9.17, 15) is 22.8 Å². The number of H-pyrrole nitrogens is 1. The van der Waals surface area contributed by atoms with E-state index in [1.807, 2.05) is 42.2 Å². The highest BCUT2D eigenvalue weighted by molar-refractivity contribution is 7.99. The maximum atomic E-state index is 13.0. The molecule has 10 heteroatoms. The number of rotatable bonds is 6. The van der Waals surface area contributed by atoms with Crippen LogP contribution in [0.1, 0.15) is 34.6 Å². The molecule has 1 amide bonds. The van der Waals surface area contributed by atoms with Crippen molar-refractivity contribution in [1.29, 1.82) is 0 Å². The number of aromatic nitrogens is 2. The Kier molecular flexibility index (Phi) is 7.73. The molecule has 1 aromatic heterocycles. The van der Waals surface area contributed by atoms with Crippen LogP contribution in [0.4, 0.5) is 18.9 Å². The lowest BCUT2D eigenvalue weighted by Gasteiger charge is -2.36. The molecular formula is C26H27F3N4O2S. The SMILES string of the molecule is Cc1nc(SC(C)c2ccccc2)[nH]c(=O)c1CC(=O)N1CCN(c2cccc(C(F)(F)F)c2)CC1. The monoisotopic (exact) mass is 516 g/mol. The van der Waals surface area contributed by atoms with Gasteiger partial charge in [-0.2, -0.15) is 13.2 Å². The smallest absolute Gasteiger partial charge is 0.368 e. The Hall–Kier alpha value is -3.27. The molecule has 1 aliphatic heterocycles. The highest BCUT2D eigenvalue weighted by Gasteiger charge is 2.31. The molecule has 2 heterocycles. The van der Waals surface area contributed by atoms with E-state index < -0.39 is 11.7 Å². The molecule has 0 radical (unpaired) electrons. The second-order valence-corrected chi connectivity index (χ2v) is 10.0. The lowest BCUT2D eigenvalue weighted by molar-refractivity contribution is -0.137. The quantitative estimate of drug-likeness (QED) is 0.375. The molecule has 4 rings (SSSR count). The van der Waals surface area contributed by atoms with Crippen molar-refractivity contribution in [2.45, 2.75) is 36.9 Å². The summed E-state index contributed by atoms with van der Waals surface area (Å²) < 4.78 is 39.1. The highest BCUT2D eigenvalue weighted by Crippen LogP contribution is 2.33. The summed E-state index contributed by atoms with van der Waals surface area (Å²) in [7, 11) is 0. The average Bonchev–Trinajstić information content (AvgIpc) is 2.86. The Morgan fingerprint density at radius 3 is 2.42 bits per heavy atom. The molecule has 36 heavy (non-hydrogen) atoms. The van der Waals surface area contributed by atoms with Crippen LogP contribution in [-0.4, -0.2) is 47.0 Å². The molecule has 0 spiro atoms. The third-order valence-corrected chi connectivity index (χ3v) is 7.30. The predicted molar refractivity (Wildman–Crippen MR) is 134 cm³/mol. The van der Waals surface area contributed by atoms with Gasteiger partial charge in [0.05, 0.1) is 12.0 Å². The van der Waals surface area contributed by atoms with Crippen molar-refractivity contribution in [2.75, 3.05) is 31.1 Å². The van der Waals surface area contributed by atoms with Gasteiger partial charge >= 0.3 is 6.18 Å². The number of hydrogen-bond acceptors (Lipinski definition) is 5. The van der Waals surface area contributed by atoms with Crippen molar-refractivity contribution < 1.29 is 18.0 Å². The Morgan fingerprint density at radius 1 is 1.08 bits per heavy atom. The number of nitrogens with zero attached hydrogens (tertiary/aromatic N) is 3. The van der Waals surface area contributed by atoms with Crippen molar-refractivity contribution in [3.8, 4) is 0 Å². The Morgan fingerprint density at radius 2 is 1.78 bits per heavy atom. The Labute approximate surface area is 211 Å². The predicted octanol–water partition coefficient (Wildman–Crippen LogP) is 4.84. The van der Waals surface area contributed by atoms with E-state index in [-0.39, 0.29) is 23.1 Å². The first-order chi connectivity index (χ1) is 17.1. The first-order valence-electron chi connectivity index (χ1n) is 11.6. The molecule has 1 unspecified atom stereocenters. The number of aryl methyl sites for hydroxylation is 1. The minimum atomic E-state index is -4.40. The maximum Gasteiger partial charge on any atom is 0.416 e. The van der Waals surface area contributed by atoms with Gasteiger partial charge < -0.3 is 14.8 Å². The van der Waals surface area contributed by atoms with Gasteiger partial charge in [-0.05, 0) is 37.6 Å². The maximum absolute atomic E-state index is 13.0. The normalized spacial score (nSPS) is 15.1. The van der Waals surface area contributed by atoms with Gasteiger partial charge in [0.15, 0.2) is 5.16 Å². The van der Waals surface area contributed by atoms with Gasteiger partial charge in [-0.15, -0.1) is 0 Å². The fourth-order valence-electron chi connectivity index (χ4n) is 4.16. The lowest BCUT2D eigenvalue weighted by atomic mass is 10.1. The zero-order valence-corrected chi connectivity index (χ0v) is 20.8. The molecular weight excluding hydrogens is 489 g/mol. The number of aromatic amines is 1. The van der Waals surface area contributed by atoms with Crippen molar-refractivity contribution in [2.24, 2.45) is 0 Å². The van der Waals surface area contributed by atoms with Gasteiger partial charge in [0.1, 0.15) is 0 Å². The standard InChI is InChI=1S/C26H27F3N4O2S/c1-17-22(24(35)31-25(30-17)36-18(2)19-7-4-3-5-8-19)16-23(34)33-13-11-32(12-14-33)21-10-6-9-20(15-21)26(27,28)29/h3-10,15,18H,11-14,16H2,1-2H3,(H,30,31,35). The molecule has 1 saturated heterocycles. The van der Waals surface area contributed by atoms with E-state index in [0.717, 1.165) is 17.7 Å². The number of hydrogen-bond donors (Lipinski definition) is 1. The fraction of sp³-hybridized carbons (Fsp3) is 0.346. The first kappa shape index (κ1) is 25.8. The summed E-state index contributed by atoms with van der Waals surface area (Å²) in [6, 6.07) is 15.1. The zero-order chi connectivity index (χ0) is 25.9. The van der Waals surface area contributed by atoms with Crippen molar-refractivity contribution in [3.63, 3.8) is 0 Å². The first-order valence-corrected chi connectivity index (χ1v) is 12.5. The molecule has 6 nitrogen and oxygen atoms in total. The zero-order valence-electron chi connectivity index (χ0n) is 20.0. The van der Waals surface area contributed by atoms with E-state index in [4.69, 9.17) is 0 Å². The molecule has 3 aromatic rings.